The highest BCUT2D eigenvalue weighted by Crippen LogP contribution is 2.22. The Hall–Kier alpha value is -1.06. The molecule has 14 heavy (non-hydrogen) atoms. The molecule has 7 heteroatoms. The second kappa shape index (κ2) is 3.59. The molecule has 5 nitrogen and oxygen atoms in total. The summed E-state index contributed by atoms with van der Waals surface area (Å²) >= 11 is 0. The van der Waals surface area contributed by atoms with Gasteiger partial charge in [-0.25, -0.2) is 13.1 Å². The van der Waals surface area contributed by atoms with Gasteiger partial charge in [-0.15, -0.1) is 0 Å². The van der Waals surface area contributed by atoms with Crippen molar-refractivity contribution in [2.24, 2.45) is 0 Å². The predicted octanol–water partition coefficient (Wildman–Crippen LogP) is 1.26. The first kappa shape index (κ1) is 11.0. The molecule has 0 aliphatic heterocycles. The van der Waals surface area contributed by atoms with Crippen LogP contribution in [0.1, 0.15) is 25.5 Å². The van der Waals surface area contributed by atoms with Crippen LogP contribution in [0.4, 0.5) is 0 Å². The Balaban J connectivity index is 3.52. The molecule has 0 atom stereocenters. The third-order valence-corrected chi connectivity index (χ3v) is 2.90. The number of nitriles is 1. The molecule has 0 aliphatic rings. The van der Waals surface area contributed by atoms with Crippen molar-refractivity contribution in [2.75, 3.05) is 0 Å². The van der Waals surface area contributed by atoms with Crippen molar-refractivity contribution in [1.29, 1.82) is 5.26 Å². The van der Waals surface area contributed by atoms with Gasteiger partial charge in [-0.2, -0.15) is 10.4 Å². The third-order valence-electron chi connectivity index (χ3n) is 1.59. The Morgan fingerprint density at radius 1 is 1.64 bits per heavy atom. The molecule has 1 aromatic rings. The van der Waals surface area contributed by atoms with Crippen LogP contribution in [0.3, 0.4) is 0 Å². The molecule has 0 aliphatic carbocycles. The minimum Gasteiger partial charge on any atom is -0.249 e. The maximum atomic E-state index is 11.2. The molecule has 0 saturated heterocycles. The van der Waals surface area contributed by atoms with Gasteiger partial charge in [0.25, 0.3) is 9.05 Å². The Bertz CT molecular complexity index is 484. The van der Waals surface area contributed by atoms with Crippen molar-refractivity contribution in [1.82, 2.24) is 9.78 Å². The minimum atomic E-state index is -3.93. The van der Waals surface area contributed by atoms with E-state index < -0.39 is 9.05 Å². The summed E-state index contributed by atoms with van der Waals surface area (Å²) in [6, 6.07) is 1.56. The number of aromatic nitrogens is 2. The summed E-state index contributed by atoms with van der Waals surface area (Å²) in [6.45, 7) is 3.50. The molecule has 0 saturated carbocycles. The number of hydrogen-bond acceptors (Lipinski definition) is 4. The molecule has 1 rings (SSSR count). The van der Waals surface area contributed by atoms with E-state index in [0.717, 1.165) is 0 Å². The summed E-state index contributed by atoms with van der Waals surface area (Å²) in [4.78, 5) is 0. The highest BCUT2D eigenvalue weighted by molar-refractivity contribution is 8.13. The Kier molecular flexibility index (Phi) is 2.83. The molecular weight excluding hydrogens is 226 g/mol. The molecule has 1 aromatic heterocycles. The predicted molar refractivity (Wildman–Crippen MR) is 50.4 cm³/mol. The largest absolute Gasteiger partial charge is 0.279 e. The van der Waals surface area contributed by atoms with Crippen LogP contribution >= 0.6 is 10.7 Å². The molecule has 0 spiro atoms. The van der Waals surface area contributed by atoms with Crippen LogP contribution in [0.15, 0.2) is 11.2 Å². The van der Waals surface area contributed by atoms with Crippen LogP contribution in [-0.2, 0) is 9.05 Å². The molecule has 0 fully saturated rings. The average molecular weight is 234 g/mol. The number of halogens is 1. The summed E-state index contributed by atoms with van der Waals surface area (Å²) < 4.78 is 23.5. The quantitative estimate of drug-likeness (QED) is 0.721. The number of hydrogen-bond donors (Lipinski definition) is 0. The number of rotatable bonds is 2. The van der Waals surface area contributed by atoms with Crippen molar-refractivity contribution in [3.63, 3.8) is 0 Å². The molecule has 1 heterocycles. The lowest BCUT2D eigenvalue weighted by atomic mass is 10.4. The fourth-order valence-corrected chi connectivity index (χ4v) is 2.34. The van der Waals surface area contributed by atoms with Gasteiger partial charge in [0.05, 0.1) is 6.20 Å². The maximum absolute atomic E-state index is 11.2. The van der Waals surface area contributed by atoms with E-state index in [1.165, 1.54) is 10.9 Å². The summed E-state index contributed by atoms with van der Waals surface area (Å²) in [5.41, 5.74) is -0.0336. The second-order valence-electron chi connectivity index (χ2n) is 2.95. The average Bonchev–Trinajstić information content (AvgIpc) is 2.45. The minimum absolute atomic E-state index is 0.0336. The van der Waals surface area contributed by atoms with E-state index in [-0.39, 0.29) is 16.6 Å². The fourth-order valence-electron chi connectivity index (χ4n) is 1.04. The standard InChI is InChI=1S/C7H8ClN3O2S/c1-5(2)11-7(14(8,12)13)6(3-9)4-10-11/h4-5H,1-2H3. The van der Waals surface area contributed by atoms with Crippen molar-refractivity contribution in [3.8, 4) is 6.07 Å². The van der Waals surface area contributed by atoms with Gasteiger partial charge in [0.15, 0.2) is 5.03 Å². The molecule has 0 aromatic carbocycles. The van der Waals surface area contributed by atoms with E-state index in [4.69, 9.17) is 15.9 Å². The Morgan fingerprint density at radius 2 is 2.21 bits per heavy atom. The van der Waals surface area contributed by atoms with Gasteiger partial charge in [-0.05, 0) is 13.8 Å². The van der Waals surface area contributed by atoms with Crippen molar-refractivity contribution in [3.05, 3.63) is 11.8 Å². The lowest BCUT2D eigenvalue weighted by molar-refractivity contribution is 0.481. The van der Waals surface area contributed by atoms with Crippen LogP contribution in [0, 0.1) is 11.3 Å². The molecule has 0 N–H and O–H groups in total. The highest BCUT2D eigenvalue weighted by Gasteiger charge is 2.23. The molecule has 0 unspecified atom stereocenters. The maximum Gasteiger partial charge on any atom is 0.279 e. The van der Waals surface area contributed by atoms with Gasteiger partial charge in [0.2, 0.25) is 0 Å². The Morgan fingerprint density at radius 3 is 2.57 bits per heavy atom. The van der Waals surface area contributed by atoms with E-state index in [9.17, 15) is 8.42 Å². The van der Waals surface area contributed by atoms with Gasteiger partial charge >= 0.3 is 0 Å². The van der Waals surface area contributed by atoms with Gasteiger partial charge in [-0.1, -0.05) is 0 Å². The van der Waals surface area contributed by atoms with Crippen molar-refractivity contribution >= 4 is 19.7 Å². The van der Waals surface area contributed by atoms with Crippen LogP contribution in [0.2, 0.25) is 0 Å². The lowest BCUT2D eigenvalue weighted by Crippen LogP contribution is -2.10. The lowest BCUT2D eigenvalue weighted by Gasteiger charge is -2.07. The molecule has 0 bridgehead atoms. The summed E-state index contributed by atoms with van der Waals surface area (Å²) in [5.74, 6) is 0. The first-order valence-corrected chi connectivity index (χ1v) is 6.11. The second-order valence-corrected chi connectivity index (χ2v) is 5.43. The third kappa shape index (κ3) is 1.89. The van der Waals surface area contributed by atoms with Gasteiger partial charge < -0.3 is 0 Å². The zero-order chi connectivity index (χ0) is 10.9. The molecule has 0 amide bonds. The van der Waals surface area contributed by atoms with Crippen LogP contribution < -0.4 is 0 Å². The first-order chi connectivity index (χ1) is 6.38. The van der Waals surface area contributed by atoms with Gasteiger partial charge in [0.1, 0.15) is 11.6 Å². The number of nitrogens with zero attached hydrogens (tertiary/aromatic N) is 3. The SMILES string of the molecule is CC(C)n1ncc(C#N)c1S(=O)(=O)Cl. The zero-order valence-electron chi connectivity index (χ0n) is 7.60. The van der Waals surface area contributed by atoms with Crippen molar-refractivity contribution < 1.29 is 8.42 Å². The normalized spacial score (nSPS) is 11.6. The molecular formula is C7H8ClN3O2S. The molecule has 76 valence electrons. The van der Waals surface area contributed by atoms with E-state index in [1.807, 2.05) is 0 Å². The van der Waals surface area contributed by atoms with Crippen LogP contribution in [0.25, 0.3) is 0 Å². The summed E-state index contributed by atoms with van der Waals surface area (Å²) in [5, 5.41) is 12.2. The van der Waals surface area contributed by atoms with E-state index in [0.29, 0.717) is 0 Å². The van der Waals surface area contributed by atoms with Crippen molar-refractivity contribution in [2.45, 2.75) is 24.9 Å². The molecule has 0 radical (unpaired) electrons. The topological polar surface area (TPSA) is 75.8 Å². The first-order valence-electron chi connectivity index (χ1n) is 3.80. The fraction of sp³-hybridized carbons (Fsp3) is 0.429. The monoisotopic (exact) mass is 233 g/mol. The van der Waals surface area contributed by atoms with Gasteiger partial charge in [0, 0.05) is 16.7 Å². The van der Waals surface area contributed by atoms with E-state index in [2.05, 4.69) is 5.10 Å². The van der Waals surface area contributed by atoms with E-state index in [1.54, 1.807) is 19.9 Å². The van der Waals surface area contributed by atoms with Crippen LogP contribution in [0.5, 0.6) is 0 Å². The highest BCUT2D eigenvalue weighted by atomic mass is 35.7. The zero-order valence-corrected chi connectivity index (χ0v) is 9.17. The van der Waals surface area contributed by atoms with E-state index >= 15 is 0 Å². The summed E-state index contributed by atoms with van der Waals surface area (Å²) in [6.07, 6.45) is 1.19. The van der Waals surface area contributed by atoms with Gasteiger partial charge in [-0.3, -0.25) is 0 Å². The van der Waals surface area contributed by atoms with Crippen LogP contribution in [-0.4, -0.2) is 18.2 Å². The summed E-state index contributed by atoms with van der Waals surface area (Å²) in [7, 11) is 1.27. The smallest absolute Gasteiger partial charge is 0.249 e. The Labute approximate surface area is 86.3 Å².